The molecule has 0 radical (unpaired) electrons. The van der Waals surface area contributed by atoms with Crippen LogP contribution in [-0.4, -0.2) is 28.6 Å². The van der Waals surface area contributed by atoms with Crippen molar-refractivity contribution in [3.63, 3.8) is 0 Å². The molecule has 0 aromatic carbocycles. The Morgan fingerprint density at radius 1 is 1.30 bits per heavy atom. The number of fused-ring (bicyclic) bond motifs is 2. The zero-order valence-electron chi connectivity index (χ0n) is 12.7. The highest BCUT2D eigenvalue weighted by molar-refractivity contribution is 5.53. The number of rotatable bonds is 2. The van der Waals surface area contributed by atoms with E-state index in [1.165, 1.54) is 38.0 Å². The van der Waals surface area contributed by atoms with Crippen LogP contribution in [0.25, 0.3) is 6.08 Å². The second kappa shape index (κ2) is 5.12. The summed E-state index contributed by atoms with van der Waals surface area (Å²) in [7, 11) is 0. The fourth-order valence-corrected chi connectivity index (χ4v) is 3.12. The minimum atomic E-state index is -0.180. The topological polar surface area (TPSA) is 25.4 Å². The summed E-state index contributed by atoms with van der Waals surface area (Å²) in [6, 6.07) is 2.09. The van der Waals surface area contributed by atoms with Gasteiger partial charge in [0, 0.05) is 25.0 Å². The fraction of sp³-hybridized carbons (Fsp3) is 0.588. The highest BCUT2D eigenvalue weighted by atomic mass is 16.5. The molecule has 1 aromatic rings. The number of allylic oxidation sites excluding steroid dienone is 1. The van der Waals surface area contributed by atoms with Gasteiger partial charge < -0.3 is 9.64 Å². The van der Waals surface area contributed by atoms with Crippen molar-refractivity contribution < 1.29 is 4.74 Å². The van der Waals surface area contributed by atoms with Crippen LogP contribution < -0.4 is 4.74 Å². The Kier molecular flexibility index (Phi) is 3.45. The Bertz CT molecular complexity index is 516. The van der Waals surface area contributed by atoms with E-state index in [0.717, 1.165) is 17.2 Å². The second-order valence-electron chi connectivity index (χ2n) is 6.94. The quantitative estimate of drug-likeness (QED) is 0.820. The third-order valence-electron chi connectivity index (χ3n) is 3.99. The summed E-state index contributed by atoms with van der Waals surface area (Å²) in [6.07, 6.45) is 9.90. The van der Waals surface area contributed by atoms with Gasteiger partial charge in [0.05, 0.1) is 6.20 Å². The molecule has 3 heteroatoms. The van der Waals surface area contributed by atoms with Crippen molar-refractivity contribution in [2.24, 2.45) is 5.92 Å². The molecule has 1 aromatic heterocycles. The molecule has 2 fully saturated rings. The summed E-state index contributed by atoms with van der Waals surface area (Å²) in [6.45, 7) is 8.65. The number of nitrogens with zero attached hydrogens (tertiary/aromatic N) is 2. The molecule has 0 N–H and O–H groups in total. The van der Waals surface area contributed by atoms with E-state index in [1.807, 2.05) is 6.20 Å². The Morgan fingerprint density at radius 3 is 2.95 bits per heavy atom. The zero-order chi connectivity index (χ0) is 14.2. The van der Waals surface area contributed by atoms with E-state index in [9.17, 15) is 0 Å². The fourth-order valence-electron chi connectivity index (χ4n) is 3.12. The Balaban J connectivity index is 1.78. The van der Waals surface area contributed by atoms with E-state index in [1.54, 1.807) is 6.20 Å². The average molecular weight is 272 g/mol. The first-order valence-corrected chi connectivity index (χ1v) is 7.59. The highest BCUT2D eigenvalue weighted by Gasteiger charge is 2.28. The van der Waals surface area contributed by atoms with Crippen molar-refractivity contribution in [2.75, 3.05) is 13.1 Å². The summed E-state index contributed by atoms with van der Waals surface area (Å²) in [5, 5.41) is 0. The summed E-state index contributed by atoms with van der Waals surface area (Å²) in [5.41, 5.74) is 2.43. The smallest absolute Gasteiger partial charge is 0.138 e. The van der Waals surface area contributed by atoms with E-state index in [2.05, 4.69) is 42.8 Å². The third kappa shape index (κ3) is 3.14. The van der Waals surface area contributed by atoms with Gasteiger partial charge in [0.1, 0.15) is 11.4 Å². The maximum absolute atomic E-state index is 5.89. The molecule has 3 rings (SSSR count). The molecule has 20 heavy (non-hydrogen) atoms. The number of piperidine rings is 1. The predicted octanol–water partition coefficient (Wildman–Crippen LogP) is 3.72. The van der Waals surface area contributed by atoms with Gasteiger partial charge in [-0.1, -0.05) is 0 Å². The molecule has 2 aliphatic heterocycles. The minimum absolute atomic E-state index is 0.180. The normalized spacial score (nSPS) is 24.2. The maximum Gasteiger partial charge on any atom is 0.138 e. The third-order valence-corrected chi connectivity index (χ3v) is 3.99. The van der Waals surface area contributed by atoms with Gasteiger partial charge in [0.15, 0.2) is 0 Å². The van der Waals surface area contributed by atoms with Crippen molar-refractivity contribution in [1.82, 2.24) is 9.88 Å². The molecule has 0 aliphatic carbocycles. The summed E-state index contributed by atoms with van der Waals surface area (Å²) < 4.78 is 5.89. The van der Waals surface area contributed by atoms with Crippen LogP contribution in [0, 0.1) is 5.92 Å². The molecular weight excluding hydrogens is 248 g/mol. The van der Waals surface area contributed by atoms with Crippen LogP contribution >= 0.6 is 0 Å². The summed E-state index contributed by atoms with van der Waals surface area (Å²) >= 11 is 0. The molecule has 0 amide bonds. The van der Waals surface area contributed by atoms with E-state index in [-0.39, 0.29) is 5.60 Å². The van der Waals surface area contributed by atoms with Crippen LogP contribution in [0.15, 0.2) is 24.2 Å². The van der Waals surface area contributed by atoms with E-state index in [4.69, 9.17) is 4.74 Å². The van der Waals surface area contributed by atoms with E-state index in [0.29, 0.717) is 0 Å². The first kappa shape index (κ1) is 13.5. The molecule has 1 unspecified atom stereocenters. The lowest BCUT2D eigenvalue weighted by Gasteiger charge is -2.27. The molecule has 0 saturated carbocycles. The predicted molar refractivity (Wildman–Crippen MR) is 81.5 cm³/mol. The van der Waals surface area contributed by atoms with Gasteiger partial charge in [-0.05, 0) is 63.7 Å². The van der Waals surface area contributed by atoms with Gasteiger partial charge in [-0.3, -0.25) is 4.98 Å². The van der Waals surface area contributed by atoms with Gasteiger partial charge in [-0.25, -0.2) is 0 Å². The van der Waals surface area contributed by atoms with Gasteiger partial charge in [0.25, 0.3) is 0 Å². The van der Waals surface area contributed by atoms with Crippen LogP contribution in [0.5, 0.6) is 5.75 Å². The molecule has 2 aliphatic rings. The number of aromatic nitrogens is 1. The van der Waals surface area contributed by atoms with Crippen LogP contribution in [0.1, 0.15) is 45.6 Å². The SMILES string of the molecule is CC(C)(C)Oc1cncc(C=C2CCC3CCN2C3)c1. The number of hydrogen-bond acceptors (Lipinski definition) is 3. The number of ether oxygens (including phenoxy) is 1. The standard InChI is InChI=1S/C17H24N2O/c1-17(2,3)20-16-9-14(10-18-11-16)8-15-5-4-13-6-7-19(15)12-13/h8-11,13H,4-7,12H2,1-3H3. The number of hydrogen-bond donors (Lipinski definition) is 0. The van der Waals surface area contributed by atoms with Gasteiger partial charge in [-0.2, -0.15) is 0 Å². The van der Waals surface area contributed by atoms with Crippen molar-refractivity contribution in [3.05, 3.63) is 29.7 Å². The van der Waals surface area contributed by atoms with Crippen molar-refractivity contribution in [3.8, 4) is 5.75 Å². The van der Waals surface area contributed by atoms with Crippen LogP contribution in [0.4, 0.5) is 0 Å². The van der Waals surface area contributed by atoms with Crippen molar-refractivity contribution in [1.29, 1.82) is 0 Å². The Hall–Kier alpha value is -1.51. The summed E-state index contributed by atoms with van der Waals surface area (Å²) in [5.74, 6) is 1.78. The first-order chi connectivity index (χ1) is 9.49. The van der Waals surface area contributed by atoms with Crippen LogP contribution in [0.2, 0.25) is 0 Å². The average Bonchev–Trinajstić information content (AvgIpc) is 2.74. The lowest BCUT2D eigenvalue weighted by Crippen LogP contribution is -2.24. The van der Waals surface area contributed by atoms with Gasteiger partial charge in [-0.15, -0.1) is 0 Å². The first-order valence-electron chi connectivity index (χ1n) is 7.59. The molecule has 3 nitrogen and oxygen atoms in total. The molecule has 1 atom stereocenters. The molecule has 108 valence electrons. The monoisotopic (exact) mass is 272 g/mol. The second-order valence-corrected chi connectivity index (χ2v) is 6.94. The van der Waals surface area contributed by atoms with Crippen LogP contribution in [0.3, 0.4) is 0 Å². The molecule has 0 spiro atoms. The minimum Gasteiger partial charge on any atom is -0.487 e. The maximum atomic E-state index is 5.89. The molecule has 2 saturated heterocycles. The van der Waals surface area contributed by atoms with Gasteiger partial charge >= 0.3 is 0 Å². The zero-order valence-corrected chi connectivity index (χ0v) is 12.7. The molecule has 2 bridgehead atoms. The number of pyridine rings is 1. The molecular formula is C17H24N2O. The van der Waals surface area contributed by atoms with Gasteiger partial charge in [0.2, 0.25) is 0 Å². The lowest BCUT2D eigenvalue weighted by atomic mass is 9.98. The van der Waals surface area contributed by atoms with Crippen LogP contribution in [-0.2, 0) is 0 Å². The Morgan fingerprint density at radius 2 is 2.15 bits per heavy atom. The highest BCUT2D eigenvalue weighted by Crippen LogP contribution is 2.34. The lowest BCUT2D eigenvalue weighted by molar-refractivity contribution is 0.130. The van der Waals surface area contributed by atoms with Crippen molar-refractivity contribution >= 4 is 6.08 Å². The largest absolute Gasteiger partial charge is 0.487 e. The molecule has 3 heterocycles. The van der Waals surface area contributed by atoms with E-state index < -0.39 is 0 Å². The van der Waals surface area contributed by atoms with Crippen molar-refractivity contribution in [2.45, 2.75) is 45.6 Å². The van der Waals surface area contributed by atoms with E-state index >= 15 is 0 Å². The summed E-state index contributed by atoms with van der Waals surface area (Å²) in [4.78, 5) is 6.84. The Labute approximate surface area is 121 Å².